The van der Waals surface area contributed by atoms with Crippen LogP contribution in [0.2, 0.25) is 10.0 Å². The molecule has 1 unspecified atom stereocenters. The first kappa shape index (κ1) is 15.1. The molecular weight excluding hydrogens is 280 g/mol. The number of esters is 1. The number of benzene rings is 1. The summed E-state index contributed by atoms with van der Waals surface area (Å²) in [7, 11) is 0. The van der Waals surface area contributed by atoms with Crippen molar-refractivity contribution in [3.8, 4) is 0 Å². The van der Waals surface area contributed by atoms with Gasteiger partial charge in [0, 0.05) is 12.2 Å². The van der Waals surface area contributed by atoms with Crippen molar-refractivity contribution >= 4 is 34.9 Å². The van der Waals surface area contributed by atoms with E-state index in [0.717, 1.165) is 0 Å². The number of anilines is 1. The van der Waals surface area contributed by atoms with E-state index < -0.39 is 5.82 Å². The molecule has 0 aliphatic rings. The van der Waals surface area contributed by atoms with Gasteiger partial charge >= 0.3 is 5.97 Å². The average Bonchev–Trinajstić information content (AvgIpc) is 2.33. The third-order valence-electron chi connectivity index (χ3n) is 2.29. The van der Waals surface area contributed by atoms with Gasteiger partial charge in [-0.05, 0) is 19.1 Å². The predicted octanol–water partition coefficient (Wildman–Crippen LogP) is 3.74. The largest absolute Gasteiger partial charge is 0.466 e. The van der Waals surface area contributed by atoms with Crippen LogP contribution in [0.5, 0.6) is 0 Å². The second-order valence-corrected chi connectivity index (χ2v) is 4.60. The van der Waals surface area contributed by atoms with Crippen LogP contribution in [0.4, 0.5) is 10.1 Å². The lowest BCUT2D eigenvalue weighted by Gasteiger charge is -2.13. The number of nitrogens with one attached hydrogen (secondary N) is 1. The van der Waals surface area contributed by atoms with E-state index in [4.69, 9.17) is 27.9 Å². The molecule has 18 heavy (non-hydrogen) atoms. The summed E-state index contributed by atoms with van der Waals surface area (Å²) in [5, 5.41) is 2.83. The maximum Gasteiger partial charge on any atom is 0.310 e. The first-order valence-electron chi connectivity index (χ1n) is 5.50. The molecule has 100 valence electrons. The first-order chi connectivity index (χ1) is 8.45. The standard InChI is InChI=1S/C12H14Cl2FNO2/c1-3-18-12(17)7(2)6-16-8-4-9(13)11(15)10(14)5-8/h4-5,7,16H,3,6H2,1-2H3. The summed E-state index contributed by atoms with van der Waals surface area (Å²) in [6, 6.07) is 2.83. The highest BCUT2D eigenvalue weighted by Gasteiger charge is 2.14. The van der Waals surface area contributed by atoms with Crippen LogP contribution in [0.15, 0.2) is 12.1 Å². The molecule has 1 aromatic carbocycles. The van der Waals surface area contributed by atoms with E-state index in [-0.39, 0.29) is 21.9 Å². The fourth-order valence-electron chi connectivity index (χ4n) is 1.30. The number of rotatable bonds is 5. The van der Waals surface area contributed by atoms with Gasteiger partial charge in [-0.2, -0.15) is 0 Å². The van der Waals surface area contributed by atoms with Gasteiger partial charge in [-0.3, -0.25) is 4.79 Å². The number of hydrogen-bond acceptors (Lipinski definition) is 3. The summed E-state index contributed by atoms with van der Waals surface area (Å²) in [4.78, 5) is 11.4. The molecule has 0 radical (unpaired) electrons. The molecular formula is C12H14Cl2FNO2. The molecule has 1 rings (SSSR count). The number of ether oxygens (including phenoxy) is 1. The fourth-order valence-corrected chi connectivity index (χ4v) is 1.78. The van der Waals surface area contributed by atoms with Crippen molar-refractivity contribution in [2.45, 2.75) is 13.8 Å². The van der Waals surface area contributed by atoms with E-state index in [1.54, 1.807) is 13.8 Å². The van der Waals surface area contributed by atoms with Crippen LogP contribution < -0.4 is 5.32 Å². The van der Waals surface area contributed by atoms with Gasteiger partial charge < -0.3 is 10.1 Å². The molecule has 0 saturated carbocycles. The van der Waals surface area contributed by atoms with Gasteiger partial charge in [0.1, 0.15) is 0 Å². The van der Waals surface area contributed by atoms with E-state index in [9.17, 15) is 9.18 Å². The van der Waals surface area contributed by atoms with Gasteiger partial charge in [0.15, 0.2) is 5.82 Å². The molecule has 0 bridgehead atoms. The number of carbonyl (C=O) groups is 1. The lowest BCUT2D eigenvalue weighted by molar-refractivity contribution is -0.146. The molecule has 0 fully saturated rings. The Morgan fingerprint density at radius 1 is 1.44 bits per heavy atom. The number of hydrogen-bond donors (Lipinski definition) is 1. The summed E-state index contributed by atoms with van der Waals surface area (Å²) in [5.74, 6) is -1.25. The summed E-state index contributed by atoms with van der Waals surface area (Å²) in [5.41, 5.74) is 0.558. The minimum Gasteiger partial charge on any atom is -0.466 e. The van der Waals surface area contributed by atoms with Crippen molar-refractivity contribution in [2.75, 3.05) is 18.5 Å². The Morgan fingerprint density at radius 3 is 2.50 bits per heavy atom. The third-order valence-corrected chi connectivity index (χ3v) is 2.84. The zero-order valence-electron chi connectivity index (χ0n) is 10.1. The highest BCUT2D eigenvalue weighted by molar-refractivity contribution is 6.35. The Kier molecular flexibility index (Phi) is 5.69. The van der Waals surface area contributed by atoms with Crippen LogP contribution in [0.1, 0.15) is 13.8 Å². The Morgan fingerprint density at radius 2 is 2.00 bits per heavy atom. The molecule has 1 atom stereocenters. The molecule has 1 aromatic rings. The van der Waals surface area contributed by atoms with Gasteiger partial charge in [0.2, 0.25) is 0 Å². The molecule has 0 aliphatic heterocycles. The molecule has 0 aromatic heterocycles. The molecule has 0 amide bonds. The van der Waals surface area contributed by atoms with Gasteiger partial charge in [-0.15, -0.1) is 0 Å². The molecule has 6 heteroatoms. The second kappa shape index (κ2) is 6.81. The van der Waals surface area contributed by atoms with Gasteiger partial charge in [-0.1, -0.05) is 30.1 Å². The fraction of sp³-hybridized carbons (Fsp3) is 0.417. The topological polar surface area (TPSA) is 38.3 Å². The van der Waals surface area contributed by atoms with Crippen LogP contribution >= 0.6 is 23.2 Å². The van der Waals surface area contributed by atoms with Gasteiger partial charge in [-0.25, -0.2) is 4.39 Å². The minimum atomic E-state index is -0.651. The summed E-state index contributed by atoms with van der Waals surface area (Å²) in [6.07, 6.45) is 0. The summed E-state index contributed by atoms with van der Waals surface area (Å²) >= 11 is 11.3. The zero-order valence-corrected chi connectivity index (χ0v) is 11.6. The zero-order chi connectivity index (χ0) is 13.7. The summed E-state index contributed by atoms with van der Waals surface area (Å²) in [6.45, 7) is 4.18. The molecule has 0 heterocycles. The molecule has 0 aliphatic carbocycles. The van der Waals surface area contributed by atoms with Crippen LogP contribution in [0, 0.1) is 11.7 Å². The van der Waals surface area contributed by atoms with Gasteiger partial charge in [0.25, 0.3) is 0 Å². The van der Waals surface area contributed by atoms with E-state index in [2.05, 4.69) is 5.32 Å². The molecule has 1 N–H and O–H groups in total. The Hall–Kier alpha value is -1.00. The third kappa shape index (κ3) is 4.03. The minimum absolute atomic E-state index is 0.0613. The molecule has 3 nitrogen and oxygen atoms in total. The lowest BCUT2D eigenvalue weighted by Crippen LogP contribution is -2.22. The highest BCUT2D eigenvalue weighted by atomic mass is 35.5. The molecule has 0 spiro atoms. The first-order valence-corrected chi connectivity index (χ1v) is 6.26. The van der Waals surface area contributed by atoms with Crippen molar-refractivity contribution in [1.29, 1.82) is 0 Å². The second-order valence-electron chi connectivity index (χ2n) is 3.79. The quantitative estimate of drug-likeness (QED) is 0.664. The van der Waals surface area contributed by atoms with E-state index in [1.807, 2.05) is 0 Å². The van der Waals surface area contributed by atoms with E-state index in [0.29, 0.717) is 18.8 Å². The highest BCUT2D eigenvalue weighted by Crippen LogP contribution is 2.27. The maximum absolute atomic E-state index is 13.2. The van der Waals surface area contributed by atoms with Crippen molar-refractivity contribution < 1.29 is 13.9 Å². The Labute approximate surface area is 115 Å². The number of halogens is 3. The predicted molar refractivity (Wildman–Crippen MR) is 70.7 cm³/mol. The van der Waals surface area contributed by atoms with Crippen molar-refractivity contribution in [2.24, 2.45) is 5.92 Å². The van der Waals surface area contributed by atoms with Crippen LogP contribution in [-0.2, 0) is 9.53 Å². The van der Waals surface area contributed by atoms with Crippen molar-refractivity contribution in [1.82, 2.24) is 0 Å². The van der Waals surface area contributed by atoms with Crippen LogP contribution in [0.25, 0.3) is 0 Å². The Bertz CT molecular complexity index is 417. The van der Waals surface area contributed by atoms with Crippen molar-refractivity contribution in [3.05, 3.63) is 28.0 Å². The maximum atomic E-state index is 13.2. The van der Waals surface area contributed by atoms with Crippen LogP contribution in [-0.4, -0.2) is 19.1 Å². The van der Waals surface area contributed by atoms with Crippen molar-refractivity contribution in [3.63, 3.8) is 0 Å². The average molecular weight is 294 g/mol. The van der Waals surface area contributed by atoms with Gasteiger partial charge in [0.05, 0.1) is 22.6 Å². The van der Waals surface area contributed by atoms with E-state index >= 15 is 0 Å². The molecule has 0 saturated heterocycles. The van der Waals surface area contributed by atoms with E-state index in [1.165, 1.54) is 12.1 Å². The Balaban J connectivity index is 2.61. The smallest absolute Gasteiger partial charge is 0.310 e. The van der Waals surface area contributed by atoms with Crippen LogP contribution in [0.3, 0.4) is 0 Å². The monoisotopic (exact) mass is 293 g/mol. The summed E-state index contributed by atoms with van der Waals surface area (Å²) < 4.78 is 18.0. The number of carbonyl (C=O) groups excluding carboxylic acids is 1. The lowest BCUT2D eigenvalue weighted by atomic mass is 10.2. The SMILES string of the molecule is CCOC(=O)C(C)CNc1cc(Cl)c(F)c(Cl)c1. The normalized spacial score (nSPS) is 12.1.